The number of ether oxygens (including phenoxy) is 1. The predicted molar refractivity (Wildman–Crippen MR) is 106 cm³/mol. The third kappa shape index (κ3) is 3.05. The number of benzene rings is 2. The highest BCUT2D eigenvalue weighted by Crippen LogP contribution is 2.33. The fourth-order valence-corrected chi connectivity index (χ4v) is 3.67. The topological polar surface area (TPSA) is 46.5 Å². The summed E-state index contributed by atoms with van der Waals surface area (Å²) in [6.07, 6.45) is 2.05. The Hall–Kier alpha value is -3.21. The summed E-state index contributed by atoms with van der Waals surface area (Å²) in [4.78, 5) is 15.1. The zero-order valence-corrected chi connectivity index (χ0v) is 15.8. The van der Waals surface area contributed by atoms with E-state index in [-0.39, 0.29) is 12.1 Å². The molecule has 4 rings (SSSR count). The molecule has 27 heavy (non-hydrogen) atoms. The van der Waals surface area contributed by atoms with Gasteiger partial charge in [-0.15, -0.1) is 0 Å². The Bertz CT molecular complexity index is 993. The summed E-state index contributed by atoms with van der Waals surface area (Å²) < 4.78 is 7.57. The first-order chi connectivity index (χ1) is 13.1. The van der Waals surface area contributed by atoms with Crippen molar-refractivity contribution in [3.63, 3.8) is 0 Å². The fourth-order valence-electron chi connectivity index (χ4n) is 3.67. The number of anilines is 1. The van der Waals surface area contributed by atoms with E-state index in [9.17, 15) is 4.79 Å². The molecule has 0 spiro atoms. The van der Waals surface area contributed by atoms with Gasteiger partial charge < -0.3 is 19.5 Å². The van der Waals surface area contributed by atoms with Crippen molar-refractivity contribution in [2.45, 2.75) is 26.4 Å². The highest BCUT2D eigenvalue weighted by atomic mass is 16.5. The van der Waals surface area contributed by atoms with Crippen LogP contribution in [0.4, 0.5) is 10.5 Å². The minimum atomic E-state index is -0.143. The number of para-hydroxylation sites is 1. The van der Waals surface area contributed by atoms with Gasteiger partial charge in [-0.2, -0.15) is 0 Å². The number of hydrogen-bond donors (Lipinski definition) is 1. The SMILES string of the molecule is COc1ccc(C)cc1NC(=O)N1Cc2ccccc2-n2cccc2[C@@H]1C. The molecule has 5 heteroatoms. The van der Waals surface area contributed by atoms with Crippen molar-refractivity contribution >= 4 is 11.7 Å². The van der Waals surface area contributed by atoms with E-state index in [1.54, 1.807) is 7.11 Å². The van der Waals surface area contributed by atoms with Crippen molar-refractivity contribution < 1.29 is 9.53 Å². The van der Waals surface area contributed by atoms with Crippen molar-refractivity contribution in [2.24, 2.45) is 0 Å². The number of aryl methyl sites for hydroxylation is 1. The largest absolute Gasteiger partial charge is 0.495 e. The zero-order chi connectivity index (χ0) is 19.0. The van der Waals surface area contributed by atoms with E-state index in [0.717, 1.165) is 22.5 Å². The molecule has 5 nitrogen and oxygen atoms in total. The van der Waals surface area contributed by atoms with E-state index in [1.807, 2.05) is 48.2 Å². The van der Waals surface area contributed by atoms with Gasteiger partial charge in [0.2, 0.25) is 0 Å². The van der Waals surface area contributed by atoms with Gasteiger partial charge in [-0.3, -0.25) is 0 Å². The molecule has 0 bridgehead atoms. The number of hydrogen-bond acceptors (Lipinski definition) is 2. The summed E-state index contributed by atoms with van der Waals surface area (Å²) >= 11 is 0. The molecule has 1 aliphatic heterocycles. The number of carbonyl (C=O) groups is 1. The van der Waals surface area contributed by atoms with Crippen LogP contribution in [-0.2, 0) is 6.54 Å². The van der Waals surface area contributed by atoms with Crippen molar-refractivity contribution in [3.8, 4) is 11.4 Å². The molecule has 1 aromatic heterocycles. The number of carbonyl (C=O) groups excluding carboxylic acids is 1. The van der Waals surface area contributed by atoms with Crippen LogP contribution in [0.3, 0.4) is 0 Å². The van der Waals surface area contributed by atoms with E-state index in [0.29, 0.717) is 18.0 Å². The molecule has 2 aromatic carbocycles. The molecule has 3 aromatic rings. The van der Waals surface area contributed by atoms with E-state index < -0.39 is 0 Å². The molecular formula is C22H23N3O2. The maximum absolute atomic E-state index is 13.2. The maximum atomic E-state index is 13.2. The molecule has 1 aliphatic rings. The molecule has 0 unspecified atom stereocenters. The Labute approximate surface area is 159 Å². The third-order valence-corrected chi connectivity index (χ3v) is 5.13. The van der Waals surface area contributed by atoms with Crippen LogP contribution >= 0.6 is 0 Å². The van der Waals surface area contributed by atoms with Gasteiger partial charge in [-0.25, -0.2) is 4.79 Å². The fraction of sp³-hybridized carbons (Fsp3) is 0.227. The molecule has 2 amide bonds. The van der Waals surface area contributed by atoms with Crippen molar-refractivity contribution in [3.05, 3.63) is 77.6 Å². The van der Waals surface area contributed by atoms with Crippen LogP contribution in [0.2, 0.25) is 0 Å². The van der Waals surface area contributed by atoms with E-state index in [1.165, 1.54) is 0 Å². The first-order valence-corrected chi connectivity index (χ1v) is 9.06. The first kappa shape index (κ1) is 17.2. The second-order valence-corrected chi connectivity index (χ2v) is 6.87. The van der Waals surface area contributed by atoms with Crippen molar-refractivity contribution in [1.82, 2.24) is 9.47 Å². The number of nitrogens with one attached hydrogen (secondary N) is 1. The Balaban J connectivity index is 1.70. The van der Waals surface area contributed by atoms with E-state index in [2.05, 4.69) is 41.2 Å². The second-order valence-electron chi connectivity index (χ2n) is 6.87. The lowest BCUT2D eigenvalue weighted by molar-refractivity contribution is 0.189. The molecule has 0 fully saturated rings. The average Bonchev–Trinajstić information content (AvgIpc) is 3.11. The molecular weight excluding hydrogens is 338 g/mol. The number of urea groups is 1. The summed E-state index contributed by atoms with van der Waals surface area (Å²) in [5.41, 5.74) is 5.07. The molecule has 138 valence electrons. The third-order valence-electron chi connectivity index (χ3n) is 5.13. The quantitative estimate of drug-likeness (QED) is 0.705. The number of rotatable bonds is 2. The standard InChI is InChI=1S/C22H23N3O2/c1-15-10-11-21(27-3)18(13-15)23-22(26)25-14-17-7-4-5-8-20(17)24-12-6-9-19(24)16(25)2/h4-13,16H,14H2,1-3H3,(H,23,26)/t16-/m0/s1. The van der Waals surface area contributed by atoms with Gasteiger partial charge in [-0.1, -0.05) is 24.3 Å². The highest BCUT2D eigenvalue weighted by molar-refractivity contribution is 5.91. The predicted octanol–water partition coefficient (Wildman–Crippen LogP) is 4.90. The van der Waals surface area contributed by atoms with E-state index in [4.69, 9.17) is 4.74 Å². The monoisotopic (exact) mass is 361 g/mol. The van der Waals surface area contributed by atoms with Gasteiger partial charge in [0, 0.05) is 11.9 Å². The van der Waals surface area contributed by atoms with Crippen molar-refractivity contribution in [2.75, 3.05) is 12.4 Å². The van der Waals surface area contributed by atoms with Crippen molar-refractivity contribution in [1.29, 1.82) is 0 Å². The van der Waals surface area contributed by atoms with Crippen LogP contribution in [0.1, 0.15) is 29.8 Å². The Kier molecular flexibility index (Phi) is 4.36. The van der Waals surface area contributed by atoms with Crippen LogP contribution in [0.5, 0.6) is 5.75 Å². The summed E-state index contributed by atoms with van der Waals surface area (Å²) in [5, 5.41) is 3.04. The summed E-state index contributed by atoms with van der Waals surface area (Å²) in [6.45, 7) is 4.59. The molecule has 2 heterocycles. The number of fused-ring (bicyclic) bond motifs is 3. The van der Waals surface area contributed by atoms with Crippen LogP contribution in [0, 0.1) is 6.92 Å². The zero-order valence-electron chi connectivity index (χ0n) is 15.8. The van der Waals surface area contributed by atoms with Gasteiger partial charge in [0.05, 0.1) is 31.1 Å². The Morgan fingerprint density at radius 2 is 1.96 bits per heavy atom. The Morgan fingerprint density at radius 3 is 2.78 bits per heavy atom. The number of amides is 2. The lowest BCUT2D eigenvalue weighted by atomic mass is 10.1. The highest BCUT2D eigenvalue weighted by Gasteiger charge is 2.29. The summed E-state index contributed by atoms with van der Waals surface area (Å²) in [5.74, 6) is 0.653. The molecule has 0 saturated heterocycles. The smallest absolute Gasteiger partial charge is 0.322 e. The van der Waals surface area contributed by atoms with Gasteiger partial charge in [0.25, 0.3) is 0 Å². The van der Waals surface area contributed by atoms with Crippen LogP contribution in [0.25, 0.3) is 5.69 Å². The van der Waals surface area contributed by atoms with Crippen LogP contribution in [0.15, 0.2) is 60.8 Å². The lowest BCUT2D eigenvalue weighted by Crippen LogP contribution is -2.36. The first-order valence-electron chi connectivity index (χ1n) is 9.06. The normalized spacial score (nSPS) is 15.5. The molecule has 0 aliphatic carbocycles. The second kappa shape index (κ2) is 6.83. The maximum Gasteiger partial charge on any atom is 0.322 e. The number of nitrogens with zero attached hydrogens (tertiary/aromatic N) is 2. The minimum absolute atomic E-state index is 0.0665. The molecule has 1 atom stereocenters. The van der Waals surface area contributed by atoms with Crippen LogP contribution < -0.4 is 10.1 Å². The average molecular weight is 361 g/mol. The van der Waals surface area contributed by atoms with Crippen LogP contribution in [-0.4, -0.2) is 22.6 Å². The van der Waals surface area contributed by atoms with Gasteiger partial charge in [0.15, 0.2) is 0 Å². The van der Waals surface area contributed by atoms with E-state index >= 15 is 0 Å². The molecule has 0 radical (unpaired) electrons. The summed E-state index contributed by atoms with van der Waals surface area (Å²) in [6, 6.07) is 17.9. The van der Waals surface area contributed by atoms with Gasteiger partial charge in [-0.05, 0) is 55.3 Å². The lowest BCUT2D eigenvalue weighted by Gasteiger charge is -2.28. The number of aromatic nitrogens is 1. The summed E-state index contributed by atoms with van der Waals surface area (Å²) in [7, 11) is 1.61. The van der Waals surface area contributed by atoms with Gasteiger partial charge in [0.1, 0.15) is 5.75 Å². The number of methoxy groups -OCH3 is 1. The molecule has 0 saturated carbocycles. The van der Waals surface area contributed by atoms with Gasteiger partial charge >= 0.3 is 6.03 Å². The minimum Gasteiger partial charge on any atom is -0.495 e. The Morgan fingerprint density at radius 1 is 1.15 bits per heavy atom. The molecule has 1 N–H and O–H groups in total.